The molecule has 1 aliphatic rings. The average molecular weight is 277 g/mol. The predicted molar refractivity (Wildman–Crippen MR) is 80.3 cm³/mol. The van der Waals surface area contributed by atoms with Gasteiger partial charge in [-0.2, -0.15) is 4.68 Å². The van der Waals surface area contributed by atoms with Crippen molar-refractivity contribution in [3.8, 4) is 5.69 Å². The van der Waals surface area contributed by atoms with Crippen molar-refractivity contribution >= 4 is 5.95 Å². The average Bonchev–Trinajstić information content (AvgIpc) is 3.16. The molecular weight excluding hydrogens is 262 g/mol. The minimum atomic E-state index is 0.273. The van der Waals surface area contributed by atoms with Gasteiger partial charge in [0.25, 0.3) is 0 Å². The lowest BCUT2D eigenvalue weighted by Gasteiger charge is -2.14. The van der Waals surface area contributed by atoms with E-state index in [9.17, 15) is 0 Å². The number of tetrazole rings is 1. The smallest absolute Gasteiger partial charge is 0.248 e. The van der Waals surface area contributed by atoms with Gasteiger partial charge in [-0.25, -0.2) is 0 Å². The number of anilines is 1. The highest BCUT2D eigenvalue weighted by Gasteiger charge is 2.23. The quantitative estimate of drug-likeness (QED) is 0.799. The molecule has 0 saturated heterocycles. The van der Waals surface area contributed by atoms with Gasteiger partial charge < -0.3 is 5.32 Å². The summed E-state index contributed by atoms with van der Waals surface area (Å²) in [5.41, 5.74) is 3.71. The van der Waals surface area contributed by atoms with E-state index in [0.29, 0.717) is 5.95 Å². The summed E-state index contributed by atoms with van der Waals surface area (Å²) in [5.74, 6) is 0.683. The Balaban J connectivity index is 1.64. The monoisotopic (exact) mass is 277 g/mol. The van der Waals surface area contributed by atoms with Crippen LogP contribution in [0.25, 0.3) is 5.69 Å². The van der Waals surface area contributed by atoms with Crippen molar-refractivity contribution in [3.63, 3.8) is 0 Å². The van der Waals surface area contributed by atoms with Crippen LogP contribution in [-0.2, 0) is 6.42 Å². The standard InChI is InChI=1S/C16H15N5/c1-2-7-13(8-3-1)21-16(18-19-20-21)17-15-11-10-12-6-4-5-9-14(12)15/h1-9,15H,10-11H2,(H,17,18,20)/t15-/m1/s1. The fourth-order valence-electron chi connectivity index (χ4n) is 2.88. The number of nitrogens with zero attached hydrogens (tertiary/aromatic N) is 4. The molecular formula is C16H15N5. The maximum Gasteiger partial charge on any atom is 0.248 e. The third kappa shape index (κ3) is 2.16. The first-order chi connectivity index (χ1) is 10.4. The Morgan fingerprint density at radius 1 is 1.00 bits per heavy atom. The van der Waals surface area contributed by atoms with Crippen LogP contribution in [0.2, 0.25) is 0 Å². The maximum atomic E-state index is 4.12. The molecule has 1 heterocycles. The third-order valence-electron chi connectivity index (χ3n) is 3.91. The van der Waals surface area contributed by atoms with Crippen LogP contribution in [0.5, 0.6) is 0 Å². The summed E-state index contributed by atoms with van der Waals surface area (Å²) in [6, 6.07) is 18.7. The number of para-hydroxylation sites is 1. The maximum absolute atomic E-state index is 4.12. The van der Waals surface area contributed by atoms with E-state index in [4.69, 9.17) is 0 Å². The second-order valence-electron chi connectivity index (χ2n) is 5.18. The summed E-state index contributed by atoms with van der Waals surface area (Å²) in [5, 5.41) is 15.5. The van der Waals surface area contributed by atoms with Gasteiger partial charge in [-0.15, -0.1) is 0 Å². The second kappa shape index (κ2) is 5.01. The molecule has 0 spiro atoms. The zero-order valence-corrected chi connectivity index (χ0v) is 11.5. The number of benzene rings is 2. The minimum Gasteiger partial charge on any atom is -0.346 e. The van der Waals surface area contributed by atoms with E-state index in [1.54, 1.807) is 4.68 Å². The Labute approximate surface area is 122 Å². The summed E-state index contributed by atoms with van der Waals surface area (Å²) in [6.07, 6.45) is 2.17. The van der Waals surface area contributed by atoms with Crippen LogP contribution in [0, 0.1) is 0 Å². The molecule has 1 aromatic heterocycles. The van der Waals surface area contributed by atoms with E-state index in [1.165, 1.54) is 11.1 Å². The topological polar surface area (TPSA) is 55.6 Å². The minimum absolute atomic E-state index is 0.273. The van der Waals surface area contributed by atoms with E-state index >= 15 is 0 Å². The second-order valence-corrected chi connectivity index (χ2v) is 5.18. The number of fused-ring (bicyclic) bond motifs is 1. The molecule has 0 unspecified atom stereocenters. The number of aromatic nitrogens is 4. The van der Waals surface area contributed by atoms with Gasteiger partial charge >= 0.3 is 0 Å². The lowest BCUT2D eigenvalue weighted by Crippen LogP contribution is -2.12. The first-order valence-electron chi connectivity index (χ1n) is 7.10. The van der Waals surface area contributed by atoms with Gasteiger partial charge in [-0.1, -0.05) is 47.6 Å². The van der Waals surface area contributed by atoms with Crippen LogP contribution in [-0.4, -0.2) is 20.2 Å². The molecule has 21 heavy (non-hydrogen) atoms. The molecule has 0 radical (unpaired) electrons. The summed E-state index contributed by atoms with van der Waals surface area (Å²) >= 11 is 0. The van der Waals surface area contributed by atoms with Gasteiger partial charge in [0, 0.05) is 0 Å². The molecule has 5 heteroatoms. The van der Waals surface area contributed by atoms with Gasteiger partial charge in [0.1, 0.15) is 0 Å². The lowest BCUT2D eigenvalue weighted by atomic mass is 10.1. The molecule has 0 amide bonds. The van der Waals surface area contributed by atoms with Gasteiger partial charge in [0.15, 0.2) is 0 Å². The number of hydrogen-bond donors (Lipinski definition) is 1. The van der Waals surface area contributed by atoms with Gasteiger partial charge in [-0.3, -0.25) is 0 Å². The molecule has 3 aromatic rings. The first kappa shape index (κ1) is 12.1. The zero-order chi connectivity index (χ0) is 14.1. The molecule has 1 aliphatic carbocycles. The van der Waals surface area contributed by atoms with E-state index in [0.717, 1.165) is 18.5 Å². The Bertz CT molecular complexity index is 750. The molecule has 5 nitrogen and oxygen atoms in total. The molecule has 0 bridgehead atoms. The number of rotatable bonds is 3. The lowest BCUT2D eigenvalue weighted by molar-refractivity contribution is 0.737. The van der Waals surface area contributed by atoms with Gasteiger partial charge in [0.2, 0.25) is 5.95 Å². The molecule has 0 fully saturated rings. The highest BCUT2D eigenvalue weighted by atomic mass is 15.6. The Kier molecular flexibility index (Phi) is 2.88. The molecule has 2 aromatic carbocycles. The Morgan fingerprint density at radius 3 is 2.71 bits per heavy atom. The van der Waals surface area contributed by atoms with Crippen LogP contribution >= 0.6 is 0 Å². The van der Waals surface area contributed by atoms with E-state index in [-0.39, 0.29) is 6.04 Å². The number of nitrogens with one attached hydrogen (secondary N) is 1. The highest BCUT2D eigenvalue weighted by Crippen LogP contribution is 2.33. The summed E-state index contributed by atoms with van der Waals surface area (Å²) in [6.45, 7) is 0. The van der Waals surface area contributed by atoms with Gasteiger partial charge in [0.05, 0.1) is 11.7 Å². The Morgan fingerprint density at radius 2 is 1.81 bits per heavy atom. The predicted octanol–water partition coefficient (Wildman–Crippen LogP) is 2.76. The van der Waals surface area contributed by atoms with Crippen molar-refractivity contribution < 1.29 is 0 Å². The molecule has 0 aliphatic heterocycles. The van der Waals surface area contributed by atoms with Crippen molar-refractivity contribution in [2.75, 3.05) is 5.32 Å². The normalized spacial score (nSPS) is 16.7. The van der Waals surface area contributed by atoms with Crippen LogP contribution < -0.4 is 5.32 Å². The van der Waals surface area contributed by atoms with Crippen molar-refractivity contribution in [1.82, 2.24) is 20.2 Å². The zero-order valence-electron chi connectivity index (χ0n) is 11.5. The van der Waals surface area contributed by atoms with Crippen LogP contribution in [0.3, 0.4) is 0 Å². The SMILES string of the molecule is c1ccc(-n2nnnc2N[C@@H]2CCc3ccccc32)cc1. The first-order valence-corrected chi connectivity index (χ1v) is 7.10. The molecule has 0 saturated carbocycles. The largest absolute Gasteiger partial charge is 0.346 e. The van der Waals surface area contributed by atoms with Crippen LogP contribution in [0.1, 0.15) is 23.6 Å². The third-order valence-corrected chi connectivity index (χ3v) is 3.91. The van der Waals surface area contributed by atoms with E-state index in [1.807, 2.05) is 30.3 Å². The molecule has 4 rings (SSSR count). The number of hydrogen-bond acceptors (Lipinski definition) is 4. The van der Waals surface area contributed by atoms with E-state index in [2.05, 4.69) is 45.1 Å². The fourth-order valence-corrected chi connectivity index (χ4v) is 2.88. The summed E-state index contributed by atoms with van der Waals surface area (Å²) < 4.78 is 1.74. The molecule has 1 N–H and O–H groups in total. The molecule has 1 atom stereocenters. The fraction of sp³-hybridized carbons (Fsp3) is 0.188. The van der Waals surface area contributed by atoms with Crippen LogP contribution in [0.15, 0.2) is 54.6 Å². The van der Waals surface area contributed by atoms with Crippen LogP contribution in [0.4, 0.5) is 5.95 Å². The summed E-state index contributed by atoms with van der Waals surface area (Å²) in [4.78, 5) is 0. The number of aryl methyl sites for hydroxylation is 1. The molecule has 104 valence electrons. The van der Waals surface area contributed by atoms with Crippen molar-refractivity contribution in [2.45, 2.75) is 18.9 Å². The van der Waals surface area contributed by atoms with Crippen molar-refractivity contribution in [1.29, 1.82) is 0 Å². The highest BCUT2D eigenvalue weighted by molar-refractivity contribution is 5.43. The van der Waals surface area contributed by atoms with Gasteiger partial charge in [-0.05, 0) is 46.5 Å². The Hall–Kier alpha value is -2.69. The van der Waals surface area contributed by atoms with Crippen molar-refractivity contribution in [3.05, 3.63) is 65.7 Å². The van der Waals surface area contributed by atoms with Crippen molar-refractivity contribution in [2.24, 2.45) is 0 Å². The van der Waals surface area contributed by atoms with E-state index < -0.39 is 0 Å². The summed E-state index contributed by atoms with van der Waals surface area (Å²) in [7, 11) is 0.